The van der Waals surface area contributed by atoms with Crippen LogP contribution >= 0.6 is 58.6 Å². The Morgan fingerprint density at radius 2 is 1.56 bits per heavy atom. The van der Waals surface area contributed by atoms with Crippen LogP contribution in [0, 0.1) is 0 Å². The van der Waals surface area contributed by atoms with Crippen LogP contribution in [0.4, 0.5) is 5.69 Å². The van der Waals surface area contributed by atoms with Crippen LogP contribution in [-0.4, -0.2) is 21.0 Å². The van der Waals surface area contributed by atoms with Crippen LogP contribution in [0.3, 0.4) is 0 Å². The maximum Gasteiger partial charge on any atom is 0.252 e. The molecule has 4 nitrogen and oxygen atoms in total. The van der Waals surface area contributed by atoms with E-state index >= 15 is 0 Å². The molecule has 132 valence electrons. The lowest BCUT2D eigenvalue weighted by Gasteiger charge is -2.28. The Balaban J connectivity index is 2.06. The van der Waals surface area contributed by atoms with Crippen molar-refractivity contribution in [1.29, 1.82) is 0 Å². The smallest absolute Gasteiger partial charge is 0.252 e. The van der Waals surface area contributed by atoms with Gasteiger partial charge in [-0.05, 0) is 36.5 Å². The van der Waals surface area contributed by atoms with E-state index in [-0.39, 0.29) is 5.11 Å². The Bertz CT molecular complexity index is 753. The molecule has 0 heterocycles. The van der Waals surface area contributed by atoms with Crippen molar-refractivity contribution < 1.29 is 4.79 Å². The van der Waals surface area contributed by atoms with E-state index in [0.717, 1.165) is 0 Å². The van der Waals surface area contributed by atoms with Crippen LogP contribution in [0.15, 0.2) is 54.6 Å². The predicted octanol–water partition coefficient (Wildman–Crippen LogP) is 4.75. The third-order valence-electron chi connectivity index (χ3n) is 3.04. The molecule has 0 spiro atoms. The molecule has 0 aliphatic heterocycles. The average molecular weight is 437 g/mol. The highest BCUT2D eigenvalue weighted by Crippen LogP contribution is 2.29. The summed E-state index contributed by atoms with van der Waals surface area (Å²) in [6, 6.07) is 15.6. The minimum absolute atomic E-state index is 0.137. The van der Waals surface area contributed by atoms with Gasteiger partial charge in [-0.2, -0.15) is 0 Å². The summed E-state index contributed by atoms with van der Waals surface area (Å²) >= 11 is 29.1. The second kappa shape index (κ2) is 8.92. The van der Waals surface area contributed by atoms with Gasteiger partial charge in [0.1, 0.15) is 6.17 Å². The minimum Gasteiger partial charge on any atom is -0.339 e. The molecule has 1 atom stereocenters. The highest BCUT2D eigenvalue weighted by molar-refractivity contribution is 7.80. The Morgan fingerprint density at radius 1 is 0.960 bits per heavy atom. The predicted molar refractivity (Wildman–Crippen MR) is 109 cm³/mol. The van der Waals surface area contributed by atoms with Gasteiger partial charge in [-0.3, -0.25) is 4.79 Å². The molecule has 0 saturated heterocycles. The number of carbonyl (C=O) groups excluding carboxylic acids is 1. The molecule has 2 aromatic carbocycles. The standard InChI is InChI=1S/C16H13Cl4N3OS/c17-11-8-4-5-9-12(11)21-15(25)23-14(16(18,19)20)22-13(24)10-6-2-1-3-7-10/h1-9,14H,(H,22,24)(H2,21,23,25)/t14-/m0/s1. The summed E-state index contributed by atoms with van der Waals surface area (Å²) in [5.41, 5.74) is 1.01. The number of amides is 1. The number of benzene rings is 2. The topological polar surface area (TPSA) is 53.2 Å². The number of anilines is 1. The van der Waals surface area contributed by atoms with Crippen LogP contribution in [0.2, 0.25) is 5.02 Å². The largest absolute Gasteiger partial charge is 0.339 e. The van der Waals surface area contributed by atoms with Gasteiger partial charge in [0.15, 0.2) is 5.11 Å². The monoisotopic (exact) mass is 435 g/mol. The van der Waals surface area contributed by atoms with E-state index < -0.39 is 15.9 Å². The second-order valence-electron chi connectivity index (χ2n) is 4.89. The summed E-state index contributed by atoms with van der Waals surface area (Å²) in [5.74, 6) is -0.412. The fourth-order valence-electron chi connectivity index (χ4n) is 1.86. The molecule has 2 rings (SSSR count). The summed E-state index contributed by atoms with van der Waals surface area (Å²) in [6.07, 6.45) is -1.06. The van der Waals surface area contributed by atoms with E-state index in [2.05, 4.69) is 16.0 Å². The van der Waals surface area contributed by atoms with E-state index in [0.29, 0.717) is 16.3 Å². The van der Waals surface area contributed by atoms with E-state index in [1.165, 1.54) is 0 Å². The van der Waals surface area contributed by atoms with Crippen molar-refractivity contribution in [3.8, 4) is 0 Å². The lowest BCUT2D eigenvalue weighted by Crippen LogP contribution is -2.56. The summed E-state index contributed by atoms with van der Waals surface area (Å²) in [4.78, 5) is 12.3. The van der Waals surface area contributed by atoms with Crippen molar-refractivity contribution in [3.63, 3.8) is 0 Å². The Labute approximate surface area is 170 Å². The van der Waals surface area contributed by atoms with Crippen LogP contribution < -0.4 is 16.0 Å². The number of alkyl halides is 3. The van der Waals surface area contributed by atoms with Gasteiger partial charge >= 0.3 is 0 Å². The molecule has 0 aliphatic rings. The molecule has 0 fully saturated rings. The molecule has 2 aromatic rings. The van der Waals surface area contributed by atoms with Gasteiger partial charge in [0.25, 0.3) is 5.91 Å². The highest BCUT2D eigenvalue weighted by atomic mass is 35.6. The molecule has 0 aromatic heterocycles. The first-order valence-corrected chi connectivity index (χ1v) is 8.94. The Hall–Kier alpha value is -1.24. The van der Waals surface area contributed by atoms with Gasteiger partial charge in [0, 0.05) is 5.56 Å². The third kappa shape index (κ3) is 6.20. The molecule has 0 bridgehead atoms. The van der Waals surface area contributed by atoms with Gasteiger partial charge in [-0.1, -0.05) is 76.7 Å². The average Bonchev–Trinajstić information content (AvgIpc) is 2.56. The van der Waals surface area contributed by atoms with Crippen molar-refractivity contribution in [2.45, 2.75) is 9.96 Å². The van der Waals surface area contributed by atoms with Crippen LogP contribution in [0.5, 0.6) is 0 Å². The molecule has 25 heavy (non-hydrogen) atoms. The molecular weight excluding hydrogens is 424 g/mol. The van der Waals surface area contributed by atoms with Gasteiger partial charge in [-0.15, -0.1) is 0 Å². The molecule has 0 aliphatic carbocycles. The highest BCUT2D eigenvalue weighted by Gasteiger charge is 2.34. The first kappa shape index (κ1) is 20.1. The maximum atomic E-state index is 12.3. The van der Waals surface area contributed by atoms with Crippen molar-refractivity contribution in [2.75, 3.05) is 5.32 Å². The summed E-state index contributed by atoms with van der Waals surface area (Å²) in [6.45, 7) is 0. The number of rotatable bonds is 4. The summed E-state index contributed by atoms with van der Waals surface area (Å²) < 4.78 is -1.84. The number of para-hydroxylation sites is 1. The number of halogens is 4. The first-order chi connectivity index (χ1) is 11.8. The first-order valence-electron chi connectivity index (χ1n) is 7.02. The Morgan fingerprint density at radius 3 is 2.16 bits per heavy atom. The fourth-order valence-corrected chi connectivity index (χ4v) is 2.59. The third-order valence-corrected chi connectivity index (χ3v) is 4.24. The molecule has 0 radical (unpaired) electrons. The lowest BCUT2D eigenvalue weighted by molar-refractivity contribution is 0.0934. The lowest BCUT2D eigenvalue weighted by atomic mass is 10.2. The van der Waals surface area contributed by atoms with Crippen LogP contribution in [-0.2, 0) is 0 Å². The van der Waals surface area contributed by atoms with Crippen LogP contribution in [0.1, 0.15) is 10.4 Å². The number of nitrogens with one attached hydrogen (secondary N) is 3. The maximum absolute atomic E-state index is 12.3. The zero-order valence-corrected chi connectivity index (χ0v) is 16.4. The molecule has 1 amide bonds. The number of hydrogen-bond donors (Lipinski definition) is 3. The van der Waals surface area contributed by atoms with Crippen molar-refractivity contribution >= 4 is 75.3 Å². The zero-order valence-electron chi connectivity index (χ0n) is 12.6. The van der Waals surface area contributed by atoms with E-state index in [4.69, 9.17) is 58.6 Å². The quantitative estimate of drug-likeness (QED) is 0.367. The molecule has 0 saturated carbocycles. The molecule has 0 unspecified atom stereocenters. The zero-order chi connectivity index (χ0) is 18.4. The molecular formula is C16H13Cl4N3OS. The Kier molecular flexibility index (Phi) is 7.16. The second-order valence-corrected chi connectivity index (χ2v) is 8.08. The number of carbonyl (C=O) groups is 1. The van der Waals surface area contributed by atoms with Gasteiger partial charge < -0.3 is 16.0 Å². The van der Waals surface area contributed by atoms with Gasteiger partial charge in [0.05, 0.1) is 10.7 Å². The van der Waals surface area contributed by atoms with Crippen molar-refractivity contribution in [2.24, 2.45) is 0 Å². The van der Waals surface area contributed by atoms with E-state index in [1.807, 2.05) is 0 Å². The SMILES string of the molecule is O=C(N[C@@H](NC(=S)Nc1ccccc1Cl)C(Cl)(Cl)Cl)c1ccccc1. The molecule has 3 N–H and O–H groups in total. The number of thiocarbonyl (C=S) groups is 1. The van der Waals surface area contributed by atoms with Gasteiger partial charge in [0.2, 0.25) is 3.79 Å². The molecule has 9 heteroatoms. The van der Waals surface area contributed by atoms with Gasteiger partial charge in [-0.25, -0.2) is 0 Å². The van der Waals surface area contributed by atoms with Crippen molar-refractivity contribution in [1.82, 2.24) is 10.6 Å². The number of hydrogen-bond acceptors (Lipinski definition) is 2. The fraction of sp³-hybridized carbons (Fsp3) is 0.125. The van der Waals surface area contributed by atoms with Crippen molar-refractivity contribution in [3.05, 3.63) is 65.2 Å². The normalized spacial score (nSPS) is 12.2. The van der Waals surface area contributed by atoms with Crippen LogP contribution in [0.25, 0.3) is 0 Å². The summed E-state index contributed by atoms with van der Waals surface area (Å²) in [5, 5.41) is 8.87. The van der Waals surface area contributed by atoms with E-state index in [1.54, 1.807) is 54.6 Å². The summed E-state index contributed by atoms with van der Waals surface area (Å²) in [7, 11) is 0. The van der Waals surface area contributed by atoms with E-state index in [9.17, 15) is 4.79 Å². The minimum atomic E-state index is -1.84.